The molecule has 0 aliphatic carbocycles. The Morgan fingerprint density at radius 1 is 0.889 bits per heavy atom. The standard InChI is InChI=1S/C18H23BrN6O2/c1-22-6-8-23(9-7-22)16-4-5-17(21-20-16)24-10-12-25(13-11-24)18(26)14-2-3-15(19)27-14/h2-5H,6-13H2,1H3. The Morgan fingerprint density at radius 2 is 1.44 bits per heavy atom. The lowest BCUT2D eigenvalue weighted by atomic mass is 10.2. The average Bonchev–Trinajstić information content (AvgIpc) is 3.15. The summed E-state index contributed by atoms with van der Waals surface area (Å²) in [4.78, 5) is 21.0. The molecule has 2 aliphatic rings. The number of furan rings is 1. The molecule has 0 unspecified atom stereocenters. The first-order chi connectivity index (χ1) is 13.1. The summed E-state index contributed by atoms with van der Waals surface area (Å²) in [6.07, 6.45) is 0. The number of likely N-dealkylation sites (N-methyl/N-ethyl adjacent to an activating group) is 1. The van der Waals surface area contributed by atoms with Crippen LogP contribution in [0.15, 0.2) is 33.4 Å². The lowest BCUT2D eigenvalue weighted by Gasteiger charge is -2.35. The van der Waals surface area contributed by atoms with Crippen LogP contribution >= 0.6 is 15.9 Å². The Morgan fingerprint density at radius 3 is 1.93 bits per heavy atom. The van der Waals surface area contributed by atoms with E-state index in [-0.39, 0.29) is 5.91 Å². The van der Waals surface area contributed by atoms with Gasteiger partial charge in [-0.15, -0.1) is 10.2 Å². The molecular weight excluding hydrogens is 412 g/mol. The van der Waals surface area contributed by atoms with Crippen LogP contribution < -0.4 is 9.80 Å². The third-order valence-electron chi connectivity index (χ3n) is 5.14. The molecule has 4 rings (SSSR count). The van der Waals surface area contributed by atoms with Crippen molar-refractivity contribution < 1.29 is 9.21 Å². The fraction of sp³-hybridized carbons (Fsp3) is 0.500. The normalized spacial score (nSPS) is 18.8. The van der Waals surface area contributed by atoms with Gasteiger partial charge in [0.05, 0.1) is 0 Å². The topological polar surface area (TPSA) is 69.0 Å². The maximum absolute atomic E-state index is 12.5. The second-order valence-corrected chi connectivity index (χ2v) is 7.70. The van der Waals surface area contributed by atoms with Crippen molar-refractivity contribution in [2.24, 2.45) is 0 Å². The monoisotopic (exact) mass is 434 g/mol. The van der Waals surface area contributed by atoms with E-state index in [0.29, 0.717) is 23.5 Å². The van der Waals surface area contributed by atoms with Crippen LogP contribution in [0.4, 0.5) is 11.6 Å². The van der Waals surface area contributed by atoms with E-state index in [0.717, 1.165) is 50.9 Å². The number of hydrogen-bond acceptors (Lipinski definition) is 7. The zero-order valence-corrected chi connectivity index (χ0v) is 16.9. The molecule has 0 N–H and O–H groups in total. The zero-order valence-electron chi connectivity index (χ0n) is 15.3. The fourth-order valence-corrected chi connectivity index (χ4v) is 3.72. The fourth-order valence-electron chi connectivity index (χ4n) is 3.41. The molecule has 1 amide bonds. The van der Waals surface area contributed by atoms with Crippen molar-refractivity contribution in [1.29, 1.82) is 0 Å². The number of amides is 1. The van der Waals surface area contributed by atoms with E-state index in [9.17, 15) is 4.79 Å². The molecule has 2 aliphatic heterocycles. The van der Waals surface area contributed by atoms with Crippen molar-refractivity contribution in [2.75, 3.05) is 69.2 Å². The number of piperazine rings is 2. The van der Waals surface area contributed by atoms with E-state index in [2.05, 4.69) is 47.9 Å². The molecule has 144 valence electrons. The van der Waals surface area contributed by atoms with Crippen molar-refractivity contribution in [3.8, 4) is 0 Å². The first kappa shape index (κ1) is 18.2. The smallest absolute Gasteiger partial charge is 0.289 e. The van der Waals surface area contributed by atoms with E-state index in [1.54, 1.807) is 12.1 Å². The second kappa shape index (κ2) is 7.85. The lowest BCUT2D eigenvalue weighted by Crippen LogP contribution is -2.49. The van der Waals surface area contributed by atoms with Crippen molar-refractivity contribution in [1.82, 2.24) is 20.0 Å². The Labute approximate surface area is 166 Å². The number of halogens is 1. The molecule has 2 aromatic rings. The zero-order chi connectivity index (χ0) is 18.8. The average molecular weight is 435 g/mol. The highest BCUT2D eigenvalue weighted by Crippen LogP contribution is 2.20. The van der Waals surface area contributed by atoms with E-state index < -0.39 is 0 Å². The lowest BCUT2D eigenvalue weighted by molar-refractivity contribution is 0.0713. The second-order valence-electron chi connectivity index (χ2n) is 6.92. The van der Waals surface area contributed by atoms with E-state index in [4.69, 9.17) is 4.42 Å². The molecule has 4 heterocycles. The highest BCUT2D eigenvalue weighted by atomic mass is 79.9. The number of nitrogens with zero attached hydrogens (tertiary/aromatic N) is 6. The summed E-state index contributed by atoms with van der Waals surface area (Å²) >= 11 is 3.24. The van der Waals surface area contributed by atoms with E-state index >= 15 is 0 Å². The predicted octanol–water partition coefficient (Wildman–Crippen LogP) is 1.55. The summed E-state index contributed by atoms with van der Waals surface area (Å²) in [5, 5.41) is 8.84. The van der Waals surface area contributed by atoms with E-state index in [1.165, 1.54) is 0 Å². The van der Waals surface area contributed by atoms with Gasteiger partial charge in [-0.3, -0.25) is 4.79 Å². The maximum Gasteiger partial charge on any atom is 0.289 e. The van der Waals surface area contributed by atoms with Gasteiger partial charge in [-0.05, 0) is 47.2 Å². The molecule has 8 nitrogen and oxygen atoms in total. The van der Waals surface area contributed by atoms with Gasteiger partial charge in [-0.2, -0.15) is 0 Å². The molecule has 27 heavy (non-hydrogen) atoms. The van der Waals surface area contributed by atoms with Gasteiger partial charge in [-0.1, -0.05) is 0 Å². The number of hydrogen-bond donors (Lipinski definition) is 0. The summed E-state index contributed by atoms with van der Waals surface area (Å²) in [5.74, 6) is 2.09. The third-order valence-corrected chi connectivity index (χ3v) is 5.56. The number of rotatable bonds is 3. The quantitative estimate of drug-likeness (QED) is 0.725. The minimum Gasteiger partial charge on any atom is -0.444 e. The molecule has 0 bridgehead atoms. The van der Waals surface area contributed by atoms with Gasteiger partial charge in [-0.25, -0.2) is 0 Å². The minimum absolute atomic E-state index is 0.0724. The van der Waals surface area contributed by atoms with Crippen LogP contribution in [0, 0.1) is 0 Å². The van der Waals surface area contributed by atoms with Gasteiger partial charge in [0.2, 0.25) is 0 Å². The number of carbonyl (C=O) groups is 1. The van der Waals surface area contributed by atoms with Crippen molar-refractivity contribution in [3.63, 3.8) is 0 Å². The van der Waals surface area contributed by atoms with Crippen LogP contribution in [0.1, 0.15) is 10.6 Å². The minimum atomic E-state index is -0.0724. The van der Waals surface area contributed by atoms with Crippen LogP contribution in [0.5, 0.6) is 0 Å². The summed E-state index contributed by atoms with van der Waals surface area (Å²) < 4.78 is 5.94. The van der Waals surface area contributed by atoms with Crippen molar-refractivity contribution in [2.45, 2.75) is 0 Å². The van der Waals surface area contributed by atoms with Crippen molar-refractivity contribution in [3.05, 3.63) is 34.7 Å². The molecule has 0 saturated carbocycles. The molecule has 9 heteroatoms. The summed E-state index contributed by atoms with van der Waals surface area (Å²) in [5.41, 5.74) is 0. The van der Waals surface area contributed by atoms with Crippen LogP contribution in [0.2, 0.25) is 0 Å². The molecule has 0 radical (unpaired) electrons. The van der Waals surface area contributed by atoms with Crippen LogP contribution in [0.3, 0.4) is 0 Å². The van der Waals surface area contributed by atoms with Crippen LogP contribution in [0.25, 0.3) is 0 Å². The number of anilines is 2. The highest BCUT2D eigenvalue weighted by Gasteiger charge is 2.25. The molecular formula is C18H23BrN6O2. The Balaban J connectivity index is 1.33. The summed E-state index contributed by atoms with van der Waals surface area (Å²) in [6, 6.07) is 7.51. The third kappa shape index (κ3) is 4.08. The van der Waals surface area contributed by atoms with Gasteiger partial charge < -0.3 is 24.0 Å². The SMILES string of the molecule is CN1CCN(c2ccc(N3CCN(C(=O)c4ccc(Br)o4)CC3)nn2)CC1. The largest absolute Gasteiger partial charge is 0.444 e. The van der Waals surface area contributed by atoms with Gasteiger partial charge in [0, 0.05) is 52.4 Å². The molecule has 2 saturated heterocycles. The molecule has 2 aromatic heterocycles. The molecule has 0 atom stereocenters. The van der Waals surface area contributed by atoms with Gasteiger partial charge in [0.15, 0.2) is 22.1 Å². The number of carbonyl (C=O) groups excluding carboxylic acids is 1. The maximum atomic E-state index is 12.5. The molecule has 0 aromatic carbocycles. The Bertz CT molecular complexity index is 779. The predicted molar refractivity (Wildman–Crippen MR) is 106 cm³/mol. The van der Waals surface area contributed by atoms with Crippen LogP contribution in [-0.4, -0.2) is 85.3 Å². The van der Waals surface area contributed by atoms with Gasteiger partial charge in [0.1, 0.15) is 0 Å². The first-order valence-corrected chi connectivity index (χ1v) is 9.96. The highest BCUT2D eigenvalue weighted by molar-refractivity contribution is 9.10. The van der Waals surface area contributed by atoms with Crippen LogP contribution in [-0.2, 0) is 0 Å². The Kier molecular flexibility index (Phi) is 5.31. The van der Waals surface area contributed by atoms with Gasteiger partial charge in [0.25, 0.3) is 5.91 Å². The van der Waals surface area contributed by atoms with Gasteiger partial charge >= 0.3 is 0 Å². The molecule has 0 spiro atoms. The first-order valence-electron chi connectivity index (χ1n) is 9.17. The van der Waals surface area contributed by atoms with Crippen molar-refractivity contribution >= 4 is 33.5 Å². The Hall–Kier alpha value is -2.13. The molecule has 2 fully saturated rings. The number of aromatic nitrogens is 2. The van der Waals surface area contributed by atoms with E-state index in [1.807, 2.05) is 17.0 Å². The summed E-state index contributed by atoms with van der Waals surface area (Å²) in [7, 11) is 2.14. The summed E-state index contributed by atoms with van der Waals surface area (Å²) in [6.45, 7) is 6.80.